The number of hydrogen-bond acceptors (Lipinski definition) is 9. The van der Waals surface area contributed by atoms with Crippen molar-refractivity contribution in [2.45, 2.75) is 115 Å². The average Bonchev–Trinajstić information content (AvgIpc) is 2.98. The van der Waals surface area contributed by atoms with Crippen LogP contribution in [0.25, 0.3) is 0 Å². The van der Waals surface area contributed by atoms with Crippen LogP contribution in [0, 0.1) is 17.8 Å². The zero-order chi connectivity index (χ0) is 39.9. The molecule has 0 amide bonds. The lowest BCUT2D eigenvalue weighted by Gasteiger charge is -2.45. The molecule has 3 atom stereocenters. The zero-order valence-electron chi connectivity index (χ0n) is 31.0. The van der Waals surface area contributed by atoms with Crippen LogP contribution >= 0.6 is 0 Å². The monoisotopic (exact) mass is 804 g/mol. The summed E-state index contributed by atoms with van der Waals surface area (Å²) in [5, 5.41) is 57.0. The third-order valence-electron chi connectivity index (χ3n) is 8.66. The van der Waals surface area contributed by atoms with Gasteiger partial charge in [-0.25, -0.2) is 0 Å². The van der Waals surface area contributed by atoms with Gasteiger partial charge >= 0.3 is 44.6 Å². The lowest BCUT2D eigenvalue weighted by Crippen LogP contribution is -2.68. The first-order chi connectivity index (χ1) is 23.9. The molecule has 0 radical (unpaired) electrons. The van der Waals surface area contributed by atoms with Gasteiger partial charge in [0.2, 0.25) is 0 Å². The molecule has 3 unspecified atom stereocenters. The van der Waals surface area contributed by atoms with Gasteiger partial charge in [0.1, 0.15) is 0 Å². The summed E-state index contributed by atoms with van der Waals surface area (Å²) in [6.45, 7) is 11.7. The molecule has 1 aromatic rings. The molecule has 0 aliphatic rings. The summed E-state index contributed by atoms with van der Waals surface area (Å²) in [5.41, 5.74) is 0. The van der Waals surface area contributed by atoms with E-state index in [4.69, 9.17) is 12.3 Å². The molecule has 294 valence electrons. The molecule has 1 rings (SSSR count). The highest BCUT2D eigenvalue weighted by Gasteiger charge is 2.54. The maximum Gasteiger partial charge on any atom is 0.505 e. The molecule has 0 bridgehead atoms. The molecular weight excluding hydrogens is 749 g/mol. The van der Waals surface area contributed by atoms with E-state index in [0.717, 1.165) is 0 Å². The Bertz CT molecular complexity index is 1240. The number of aliphatic carboxylic acids is 6. The number of carboxylic acid groups (broad SMARTS) is 6. The first-order valence-corrected chi connectivity index (χ1v) is 28.5. The molecule has 0 saturated heterocycles. The summed E-state index contributed by atoms with van der Waals surface area (Å²) < 4.78 is 21.4. The summed E-state index contributed by atoms with van der Waals surface area (Å²) in [6.07, 6.45) is 0.0222. The minimum atomic E-state index is -3.90. The molecule has 0 aliphatic heterocycles. The predicted octanol–water partition coefficient (Wildman–Crippen LogP) is 5.36. The summed E-state index contributed by atoms with van der Waals surface area (Å²) in [7, 11) is -12.3. The number of carbonyl (C=O) groups is 6. The molecule has 0 spiro atoms. The van der Waals surface area contributed by atoms with E-state index in [-0.39, 0.29) is 19.3 Å². The van der Waals surface area contributed by atoms with Crippen molar-refractivity contribution in [2.75, 3.05) is 0 Å². The second-order valence-electron chi connectivity index (χ2n) is 15.1. The highest BCUT2D eigenvalue weighted by molar-refractivity contribution is 6.96. The maximum atomic E-state index is 11.7. The zero-order valence-corrected chi connectivity index (χ0v) is 35.0. The van der Waals surface area contributed by atoms with Crippen LogP contribution < -0.4 is 5.19 Å². The number of rotatable bonds is 28. The minimum Gasteiger partial charge on any atom is -0.481 e. The fourth-order valence-corrected chi connectivity index (χ4v) is 22.8. The topological polar surface area (TPSA) is 251 Å². The van der Waals surface area contributed by atoms with E-state index in [2.05, 4.69) is 0 Å². The van der Waals surface area contributed by atoms with E-state index < -0.39 is 107 Å². The van der Waals surface area contributed by atoms with Crippen LogP contribution in [0.5, 0.6) is 0 Å². The summed E-state index contributed by atoms with van der Waals surface area (Å²) in [4.78, 5) is 69.0. The Morgan fingerprint density at radius 2 is 0.769 bits per heavy atom. The summed E-state index contributed by atoms with van der Waals surface area (Å²) in [5.74, 6) is -10.4. The molecule has 0 fully saturated rings. The molecule has 19 heteroatoms. The van der Waals surface area contributed by atoms with Gasteiger partial charge in [-0.2, -0.15) is 0 Å². The average molecular weight is 805 g/mol. The van der Waals surface area contributed by atoms with Crippen molar-refractivity contribution in [1.29, 1.82) is 0 Å². The Hall–Kier alpha value is -3.21. The second kappa shape index (κ2) is 20.9. The molecule has 15 nitrogen and oxygen atoms in total. The first-order valence-electron chi connectivity index (χ1n) is 17.4. The third kappa shape index (κ3) is 18.0. The van der Waals surface area contributed by atoms with Crippen molar-refractivity contribution in [3.05, 3.63) is 30.3 Å². The normalized spacial score (nSPS) is 15.2. The quantitative estimate of drug-likeness (QED) is 0.0583. The second-order valence-corrected chi connectivity index (χ2v) is 31.3. The molecule has 0 aliphatic carbocycles. The van der Waals surface area contributed by atoms with Crippen molar-refractivity contribution < 1.29 is 71.8 Å². The fourth-order valence-electron chi connectivity index (χ4n) is 6.02. The number of hydrogen-bond donors (Lipinski definition) is 6. The van der Waals surface area contributed by atoms with Crippen LogP contribution in [0.1, 0.15) is 57.8 Å². The smallest absolute Gasteiger partial charge is 0.481 e. The molecule has 1 aromatic carbocycles. The van der Waals surface area contributed by atoms with Gasteiger partial charge in [0.05, 0.1) is 37.0 Å². The van der Waals surface area contributed by atoms with Gasteiger partial charge in [0.25, 0.3) is 0 Å². The van der Waals surface area contributed by atoms with E-state index in [0.29, 0.717) is 42.6 Å². The summed E-state index contributed by atoms with van der Waals surface area (Å²) >= 11 is 0. The van der Waals surface area contributed by atoms with Crippen LogP contribution in [-0.2, 0) is 41.1 Å². The van der Waals surface area contributed by atoms with Crippen LogP contribution in [-0.4, -0.2) is 100 Å². The van der Waals surface area contributed by atoms with Crippen molar-refractivity contribution >= 4 is 74.8 Å². The van der Waals surface area contributed by atoms with Crippen molar-refractivity contribution in [3.63, 3.8) is 0 Å². The van der Waals surface area contributed by atoms with Gasteiger partial charge < -0.3 is 43.0 Å². The molecule has 0 aromatic heterocycles. The van der Waals surface area contributed by atoms with Gasteiger partial charge in [-0.05, 0) is 76.7 Å². The van der Waals surface area contributed by atoms with E-state index >= 15 is 0 Å². The van der Waals surface area contributed by atoms with Gasteiger partial charge in [-0.3, -0.25) is 28.8 Å². The standard InChI is InChI=1S/C33H56O15Si4/c1-49(2,18-10-13-24(31(40)41)21-28(34)35)46-52(27-16-8-7-9-17-27,47-50(3,4)19-11-14-25(32(42)43)22-29(36)37)48-51(5,6)20-12-15-26(33(44)45)23-30(38)39/h7-9,16-17,24-26H,10-15,18-23H2,1-6H3,(H,34,35)(H,36,37)(H,38,39)(H,40,41)(H,42,43)(H,44,45). The molecule has 0 saturated carbocycles. The number of carboxylic acids is 6. The van der Waals surface area contributed by atoms with Crippen LogP contribution in [0.3, 0.4) is 0 Å². The lowest BCUT2D eigenvalue weighted by molar-refractivity contribution is -0.148. The largest absolute Gasteiger partial charge is 0.505 e. The van der Waals surface area contributed by atoms with Gasteiger partial charge in [-0.15, -0.1) is 0 Å². The maximum absolute atomic E-state index is 11.7. The van der Waals surface area contributed by atoms with Crippen molar-refractivity contribution in [3.8, 4) is 0 Å². The summed E-state index contributed by atoms with van der Waals surface area (Å²) in [6, 6.07) is 10.5. The number of benzene rings is 1. The van der Waals surface area contributed by atoms with Crippen LogP contribution in [0.4, 0.5) is 0 Å². The Morgan fingerprint density at radius 3 is 1.00 bits per heavy atom. The van der Waals surface area contributed by atoms with Crippen molar-refractivity contribution in [2.24, 2.45) is 17.8 Å². The Morgan fingerprint density at radius 1 is 0.500 bits per heavy atom. The highest BCUT2D eigenvalue weighted by atomic mass is 28.5. The van der Waals surface area contributed by atoms with E-state index in [9.17, 15) is 59.4 Å². The first kappa shape index (κ1) is 46.8. The highest BCUT2D eigenvalue weighted by Crippen LogP contribution is 2.33. The SMILES string of the molecule is C[Si](C)(CCCC(CC(=O)O)C(=O)O)O[Si](O[Si](C)(C)CCCC(CC(=O)O)C(=O)O)(O[Si](C)(C)CCCC(CC(=O)O)C(=O)O)c1ccccc1. The van der Waals surface area contributed by atoms with E-state index in [1.807, 2.05) is 69.6 Å². The van der Waals surface area contributed by atoms with Crippen LogP contribution in [0.2, 0.25) is 57.4 Å². The van der Waals surface area contributed by atoms with Crippen molar-refractivity contribution in [1.82, 2.24) is 0 Å². The fraction of sp³-hybridized carbons (Fsp3) is 0.636. The predicted molar refractivity (Wildman–Crippen MR) is 200 cm³/mol. The van der Waals surface area contributed by atoms with E-state index in [1.165, 1.54) is 0 Å². The lowest BCUT2D eigenvalue weighted by atomic mass is 10.0. The van der Waals surface area contributed by atoms with Crippen LogP contribution in [0.15, 0.2) is 30.3 Å². The Kier molecular flexibility index (Phi) is 18.8. The molecule has 0 heterocycles. The molecule has 6 N–H and O–H groups in total. The Balaban J connectivity index is 3.54. The minimum absolute atomic E-state index is 0.131. The van der Waals surface area contributed by atoms with Gasteiger partial charge in [0, 0.05) is 5.19 Å². The Labute approximate surface area is 309 Å². The van der Waals surface area contributed by atoms with E-state index in [1.54, 1.807) is 0 Å². The molecule has 52 heavy (non-hydrogen) atoms. The van der Waals surface area contributed by atoms with Gasteiger partial charge in [-0.1, -0.05) is 49.6 Å². The molecular formula is C33H56O15Si4. The third-order valence-corrected chi connectivity index (χ3v) is 24.2. The van der Waals surface area contributed by atoms with Gasteiger partial charge in [0.15, 0.2) is 25.0 Å².